The SMILES string of the molecule is CCOc1cccn2c(C(=O)NCc3ccccc3F)c(CC)nc12. The van der Waals surface area contributed by atoms with Gasteiger partial charge in [-0.25, -0.2) is 9.37 Å². The zero-order chi connectivity index (χ0) is 17.8. The highest BCUT2D eigenvalue weighted by Gasteiger charge is 2.20. The molecule has 0 spiro atoms. The molecule has 130 valence electrons. The Morgan fingerprint density at radius 3 is 2.76 bits per heavy atom. The lowest BCUT2D eigenvalue weighted by molar-refractivity contribution is 0.0943. The molecule has 1 N–H and O–H groups in total. The largest absolute Gasteiger partial charge is 0.490 e. The summed E-state index contributed by atoms with van der Waals surface area (Å²) in [6.45, 7) is 4.47. The van der Waals surface area contributed by atoms with E-state index in [9.17, 15) is 9.18 Å². The molecule has 0 saturated carbocycles. The van der Waals surface area contributed by atoms with Gasteiger partial charge in [-0.3, -0.25) is 9.20 Å². The van der Waals surface area contributed by atoms with Crippen molar-refractivity contribution in [2.24, 2.45) is 0 Å². The van der Waals surface area contributed by atoms with Crippen LogP contribution in [0.15, 0.2) is 42.6 Å². The number of hydrogen-bond acceptors (Lipinski definition) is 3. The molecule has 0 aliphatic rings. The minimum Gasteiger partial charge on any atom is -0.490 e. The molecule has 0 unspecified atom stereocenters. The Kier molecular flexibility index (Phi) is 4.97. The van der Waals surface area contributed by atoms with Gasteiger partial charge in [0.25, 0.3) is 5.91 Å². The maximum Gasteiger partial charge on any atom is 0.270 e. The van der Waals surface area contributed by atoms with Crippen molar-refractivity contribution in [1.29, 1.82) is 0 Å². The third-order valence-electron chi connectivity index (χ3n) is 3.93. The number of nitrogens with zero attached hydrogens (tertiary/aromatic N) is 2. The minimum atomic E-state index is -0.338. The quantitative estimate of drug-likeness (QED) is 0.748. The van der Waals surface area contributed by atoms with Crippen molar-refractivity contribution >= 4 is 11.6 Å². The number of benzene rings is 1. The maximum atomic E-state index is 13.7. The molecule has 0 aliphatic carbocycles. The number of fused-ring (bicyclic) bond motifs is 1. The molecule has 1 aromatic carbocycles. The van der Waals surface area contributed by atoms with Crippen LogP contribution in [0.3, 0.4) is 0 Å². The highest BCUT2D eigenvalue weighted by atomic mass is 19.1. The summed E-state index contributed by atoms with van der Waals surface area (Å²) >= 11 is 0. The predicted molar refractivity (Wildman–Crippen MR) is 93.3 cm³/mol. The number of ether oxygens (including phenoxy) is 1. The van der Waals surface area contributed by atoms with Crippen LogP contribution in [0.1, 0.15) is 35.6 Å². The van der Waals surface area contributed by atoms with Crippen molar-refractivity contribution in [2.75, 3.05) is 6.61 Å². The summed E-state index contributed by atoms with van der Waals surface area (Å²) in [5.74, 6) is 0.00407. The maximum absolute atomic E-state index is 13.7. The monoisotopic (exact) mass is 341 g/mol. The van der Waals surface area contributed by atoms with Gasteiger partial charge >= 0.3 is 0 Å². The normalized spacial score (nSPS) is 10.8. The minimum absolute atomic E-state index is 0.118. The molecule has 3 aromatic rings. The Morgan fingerprint density at radius 2 is 2.04 bits per heavy atom. The van der Waals surface area contributed by atoms with Crippen LogP contribution in [0.25, 0.3) is 5.65 Å². The van der Waals surface area contributed by atoms with Crippen LogP contribution in [0.5, 0.6) is 5.75 Å². The smallest absolute Gasteiger partial charge is 0.270 e. The van der Waals surface area contributed by atoms with E-state index in [4.69, 9.17) is 4.74 Å². The lowest BCUT2D eigenvalue weighted by Crippen LogP contribution is -2.25. The van der Waals surface area contributed by atoms with Crippen LogP contribution < -0.4 is 10.1 Å². The summed E-state index contributed by atoms with van der Waals surface area (Å²) in [5, 5.41) is 2.78. The highest BCUT2D eigenvalue weighted by Crippen LogP contribution is 2.23. The number of amides is 1. The lowest BCUT2D eigenvalue weighted by atomic mass is 10.2. The van der Waals surface area contributed by atoms with Crippen LogP contribution in [-0.2, 0) is 13.0 Å². The first-order valence-corrected chi connectivity index (χ1v) is 8.30. The van der Waals surface area contributed by atoms with Gasteiger partial charge in [0, 0.05) is 18.3 Å². The van der Waals surface area contributed by atoms with E-state index < -0.39 is 0 Å². The van der Waals surface area contributed by atoms with Gasteiger partial charge < -0.3 is 10.1 Å². The molecule has 5 nitrogen and oxygen atoms in total. The van der Waals surface area contributed by atoms with E-state index in [-0.39, 0.29) is 18.3 Å². The van der Waals surface area contributed by atoms with Crippen molar-refractivity contribution in [1.82, 2.24) is 14.7 Å². The molecule has 0 bridgehead atoms. The van der Waals surface area contributed by atoms with Gasteiger partial charge in [-0.05, 0) is 31.5 Å². The average molecular weight is 341 g/mol. The number of hydrogen-bond donors (Lipinski definition) is 1. The Morgan fingerprint density at radius 1 is 1.24 bits per heavy atom. The van der Waals surface area contributed by atoms with Crippen molar-refractivity contribution in [2.45, 2.75) is 26.8 Å². The van der Waals surface area contributed by atoms with Crippen LogP contribution in [0.2, 0.25) is 0 Å². The second-order valence-electron chi connectivity index (χ2n) is 5.53. The first-order chi connectivity index (χ1) is 12.2. The molecule has 1 amide bonds. The van der Waals surface area contributed by atoms with Crippen molar-refractivity contribution in [3.05, 3.63) is 65.4 Å². The van der Waals surface area contributed by atoms with E-state index in [0.717, 1.165) is 0 Å². The van der Waals surface area contributed by atoms with Crippen LogP contribution in [0.4, 0.5) is 4.39 Å². The van der Waals surface area contributed by atoms with Crippen LogP contribution in [-0.4, -0.2) is 21.9 Å². The standard InChI is InChI=1S/C19H20FN3O2/c1-3-15-17(19(24)21-12-13-8-5-6-9-14(13)20)23-11-7-10-16(25-4-2)18(23)22-15/h5-11H,3-4,12H2,1-2H3,(H,21,24). The zero-order valence-corrected chi connectivity index (χ0v) is 14.3. The highest BCUT2D eigenvalue weighted by molar-refractivity contribution is 5.95. The first kappa shape index (κ1) is 17.0. The molecule has 0 atom stereocenters. The van der Waals surface area contributed by atoms with Gasteiger partial charge in [0.2, 0.25) is 0 Å². The molecule has 2 aromatic heterocycles. The molecule has 0 saturated heterocycles. The molecule has 0 radical (unpaired) electrons. The summed E-state index contributed by atoms with van der Waals surface area (Å²) in [7, 11) is 0. The number of rotatable bonds is 6. The van der Waals surface area contributed by atoms with E-state index in [1.54, 1.807) is 28.8 Å². The van der Waals surface area contributed by atoms with E-state index in [1.165, 1.54) is 6.07 Å². The summed E-state index contributed by atoms with van der Waals surface area (Å²) in [4.78, 5) is 17.3. The number of halogens is 1. The van der Waals surface area contributed by atoms with Crippen LogP contribution >= 0.6 is 0 Å². The third kappa shape index (κ3) is 3.33. The Hall–Kier alpha value is -2.89. The topological polar surface area (TPSA) is 55.6 Å². The molecule has 2 heterocycles. The summed E-state index contributed by atoms with van der Waals surface area (Å²) in [6.07, 6.45) is 2.39. The van der Waals surface area contributed by atoms with E-state index >= 15 is 0 Å². The number of carbonyl (C=O) groups is 1. The number of aryl methyl sites for hydroxylation is 1. The second-order valence-corrected chi connectivity index (χ2v) is 5.53. The first-order valence-electron chi connectivity index (χ1n) is 8.30. The lowest BCUT2D eigenvalue weighted by Gasteiger charge is -2.08. The summed E-state index contributed by atoms with van der Waals surface area (Å²) in [5.41, 5.74) is 2.18. The van der Waals surface area contributed by atoms with E-state index in [2.05, 4.69) is 10.3 Å². The fraction of sp³-hybridized carbons (Fsp3) is 0.263. The van der Waals surface area contributed by atoms with Gasteiger partial charge in [-0.15, -0.1) is 0 Å². The van der Waals surface area contributed by atoms with Gasteiger partial charge in [-0.2, -0.15) is 0 Å². The third-order valence-corrected chi connectivity index (χ3v) is 3.93. The Bertz CT molecular complexity index is 905. The molecule has 0 fully saturated rings. The number of aromatic nitrogens is 2. The van der Waals surface area contributed by atoms with Gasteiger partial charge in [0.1, 0.15) is 11.5 Å². The molecule has 6 heteroatoms. The van der Waals surface area contributed by atoms with Gasteiger partial charge in [-0.1, -0.05) is 25.1 Å². The fourth-order valence-electron chi connectivity index (χ4n) is 2.75. The number of carbonyl (C=O) groups excluding carboxylic acids is 1. The predicted octanol–water partition coefficient (Wildman–Crippen LogP) is 3.36. The number of nitrogens with one attached hydrogen (secondary N) is 1. The number of imidazole rings is 1. The summed E-state index contributed by atoms with van der Waals surface area (Å²) in [6, 6.07) is 10.0. The molecule has 25 heavy (non-hydrogen) atoms. The second kappa shape index (κ2) is 7.34. The van der Waals surface area contributed by atoms with Crippen LogP contribution in [0, 0.1) is 5.82 Å². The van der Waals surface area contributed by atoms with Gasteiger partial charge in [0.05, 0.1) is 12.3 Å². The van der Waals surface area contributed by atoms with E-state index in [0.29, 0.717) is 41.4 Å². The van der Waals surface area contributed by atoms with E-state index in [1.807, 2.05) is 26.0 Å². The van der Waals surface area contributed by atoms with Crippen molar-refractivity contribution in [3.63, 3.8) is 0 Å². The van der Waals surface area contributed by atoms with Crippen molar-refractivity contribution < 1.29 is 13.9 Å². The van der Waals surface area contributed by atoms with Crippen molar-refractivity contribution in [3.8, 4) is 5.75 Å². The fourth-order valence-corrected chi connectivity index (χ4v) is 2.75. The Balaban J connectivity index is 1.92. The van der Waals surface area contributed by atoms with Gasteiger partial charge in [0.15, 0.2) is 11.4 Å². The summed E-state index contributed by atoms with van der Waals surface area (Å²) < 4.78 is 21.0. The average Bonchev–Trinajstić information content (AvgIpc) is 3.01. The molecule has 3 rings (SSSR count). The molecular weight excluding hydrogens is 321 g/mol. The molecular formula is C19H20FN3O2. The number of pyridine rings is 1. The Labute approximate surface area is 145 Å². The molecule has 0 aliphatic heterocycles. The zero-order valence-electron chi connectivity index (χ0n) is 14.3.